The monoisotopic (exact) mass is 422 g/mol. The van der Waals surface area contributed by atoms with Crippen molar-refractivity contribution in [3.63, 3.8) is 0 Å². The number of amides is 2. The molecule has 1 saturated heterocycles. The van der Waals surface area contributed by atoms with Crippen LogP contribution in [-0.4, -0.2) is 30.8 Å². The molecule has 28 heavy (non-hydrogen) atoms. The SMILES string of the molecule is O=C1NC[C@@H](C(=O)N[C@@H](c2ccc(F)c(Cl)c2)[C@H]2CC[C@H](C(F)(F)F)CC2)O1. The van der Waals surface area contributed by atoms with E-state index in [1.54, 1.807) is 0 Å². The van der Waals surface area contributed by atoms with E-state index < -0.39 is 42.1 Å². The third-order valence-electron chi connectivity index (χ3n) is 5.28. The molecule has 1 heterocycles. The maximum Gasteiger partial charge on any atom is 0.408 e. The fraction of sp³-hybridized carbons (Fsp3) is 0.556. The van der Waals surface area contributed by atoms with Crippen molar-refractivity contribution < 1.29 is 31.9 Å². The Morgan fingerprint density at radius 1 is 1.25 bits per heavy atom. The van der Waals surface area contributed by atoms with Gasteiger partial charge in [-0.25, -0.2) is 9.18 Å². The summed E-state index contributed by atoms with van der Waals surface area (Å²) in [5, 5.41) is 4.97. The van der Waals surface area contributed by atoms with Crippen molar-refractivity contribution in [2.45, 2.75) is 44.0 Å². The minimum absolute atomic E-state index is 0.00236. The van der Waals surface area contributed by atoms with Crippen LogP contribution in [0.4, 0.5) is 22.4 Å². The Morgan fingerprint density at radius 3 is 2.46 bits per heavy atom. The summed E-state index contributed by atoms with van der Waals surface area (Å²) in [4.78, 5) is 23.6. The average molecular weight is 423 g/mol. The van der Waals surface area contributed by atoms with E-state index in [0.29, 0.717) is 5.56 Å². The van der Waals surface area contributed by atoms with Crippen molar-refractivity contribution in [1.29, 1.82) is 0 Å². The maximum atomic E-state index is 13.5. The van der Waals surface area contributed by atoms with Crippen LogP contribution in [0.2, 0.25) is 5.02 Å². The number of hydrogen-bond acceptors (Lipinski definition) is 3. The predicted octanol–water partition coefficient (Wildman–Crippen LogP) is 4.11. The van der Waals surface area contributed by atoms with Crippen molar-refractivity contribution in [3.8, 4) is 0 Å². The van der Waals surface area contributed by atoms with Crippen LogP contribution in [0.25, 0.3) is 0 Å². The number of hydrogen-bond donors (Lipinski definition) is 2. The molecule has 1 aliphatic heterocycles. The Labute approximate surface area is 163 Å². The van der Waals surface area contributed by atoms with Crippen LogP contribution >= 0.6 is 11.6 Å². The summed E-state index contributed by atoms with van der Waals surface area (Å²) in [7, 11) is 0. The van der Waals surface area contributed by atoms with Gasteiger partial charge in [-0.15, -0.1) is 0 Å². The standard InChI is InChI=1S/C18H19ClF4N2O3/c19-12-7-10(3-6-13(12)20)15(25-16(26)14-8-24-17(27)28-14)9-1-4-11(5-2-9)18(21,22)23/h3,6-7,9,11,14-15H,1-2,4-5,8H2,(H,24,27)(H,25,26)/t9-,11-,14-,15+/m0/s1. The Kier molecular flexibility index (Phi) is 6.02. The highest BCUT2D eigenvalue weighted by Gasteiger charge is 2.43. The first-order chi connectivity index (χ1) is 13.1. The van der Waals surface area contributed by atoms with E-state index in [-0.39, 0.29) is 43.2 Å². The highest BCUT2D eigenvalue weighted by molar-refractivity contribution is 6.30. The van der Waals surface area contributed by atoms with Gasteiger partial charge in [0.25, 0.3) is 5.91 Å². The molecule has 2 aliphatic rings. The number of nitrogens with one attached hydrogen (secondary N) is 2. The van der Waals surface area contributed by atoms with Gasteiger partial charge in [0.15, 0.2) is 6.10 Å². The van der Waals surface area contributed by atoms with Crippen molar-refractivity contribution in [2.75, 3.05) is 6.54 Å². The lowest BCUT2D eigenvalue weighted by Crippen LogP contribution is -2.42. The van der Waals surface area contributed by atoms with Crippen LogP contribution in [0, 0.1) is 17.7 Å². The van der Waals surface area contributed by atoms with E-state index in [1.807, 2.05) is 0 Å². The molecule has 0 bridgehead atoms. The van der Waals surface area contributed by atoms with E-state index >= 15 is 0 Å². The number of carbonyl (C=O) groups excluding carboxylic acids is 2. The van der Waals surface area contributed by atoms with E-state index in [2.05, 4.69) is 10.6 Å². The molecule has 2 fully saturated rings. The van der Waals surface area contributed by atoms with Gasteiger partial charge in [0.05, 0.1) is 23.5 Å². The quantitative estimate of drug-likeness (QED) is 0.717. The molecule has 0 spiro atoms. The molecule has 2 amide bonds. The molecule has 0 unspecified atom stereocenters. The molecule has 1 aromatic carbocycles. The largest absolute Gasteiger partial charge is 0.434 e. The molecular formula is C18H19ClF4N2O3. The molecule has 10 heteroatoms. The second-order valence-electron chi connectivity index (χ2n) is 7.09. The van der Waals surface area contributed by atoms with Gasteiger partial charge in [-0.1, -0.05) is 17.7 Å². The number of alkyl halides is 3. The molecule has 154 valence electrons. The first-order valence-electron chi connectivity index (χ1n) is 8.91. The Hall–Kier alpha value is -2.03. The van der Waals surface area contributed by atoms with E-state index in [1.165, 1.54) is 12.1 Å². The first-order valence-corrected chi connectivity index (χ1v) is 9.29. The lowest BCUT2D eigenvalue weighted by atomic mass is 9.76. The smallest absolute Gasteiger partial charge is 0.408 e. The summed E-state index contributed by atoms with van der Waals surface area (Å²) in [5.41, 5.74) is 0.493. The van der Waals surface area contributed by atoms with Crippen LogP contribution < -0.4 is 10.6 Å². The van der Waals surface area contributed by atoms with Gasteiger partial charge < -0.3 is 15.4 Å². The molecule has 0 aromatic heterocycles. The summed E-state index contributed by atoms with van der Waals surface area (Å²) in [5.74, 6) is -2.85. The minimum atomic E-state index is -4.24. The maximum absolute atomic E-state index is 13.5. The number of halogens is 5. The highest BCUT2D eigenvalue weighted by Crippen LogP contribution is 2.43. The average Bonchev–Trinajstić information content (AvgIpc) is 3.08. The molecule has 3 rings (SSSR count). The van der Waals surface area contributed by atoms with Crippen molar-refractivity contribution in [2.24, 2.45) is 11.8 Å². The van der Waals surface area contributed by atoms with Crippen LogP contribution in [0.1, 0.15) is 37.3 Å². The Balaban J connectivity index is 1.78. The van der Waals surface area contributed by atoms with Crippen molar-refractivity contribution in [3.05, 3.63) is 34.6 Å². The summed E-state index contributed by atoms with van der Waals surface area (Å²) >= 11 is 5.85. The molecule has 2 N–H and O–H groups in total. The predicted molar refractivity (Wildman–Crippen MR) is 92.1 cm³/mol. The summed E-state index contributed by atoms with van der Waals surface area (Å²) in [6.07, 6.45) is -5.60. The van der Waals surface area contributed by atoms with Crippen LogP contribution in [-0.2, 0) is 9.53 Å². The van der Waals surface area contributed by atoms with Crippen molar-refractivity contribution >= 4 is 23.6 Å². The number of benzene rings is 1. The van der Waals surface area contributed by atoms with Gasteiger partial charge in [-0.2, -0.15) is 13.2 Å². The second kappa shape index (κ2) is 8.14. The van der Waals surface area contributed by atoms with Gasteiger partial charge >= 0.3 is 12.3 Å². The Bertz CT molecular complexity index is 751. The Morgan fingerprint density at radius 2 is 1.93 bits per heavy atom. The van der Waals surface area contributed by atoms with Crippen LogP contribution in [0.3, 0.4) is 0 Å². The van der Waals surface area contributed by atoms with Gasteiger partial charge in [-0.05, 0) is 49.3 Å². The topological polar surface area (TPSA) is 67.4 Å². The fourth-order valence-corrected chi connectivity index (χ4v) is 3.93. The molecule has 0 radical (unpaired) electrons. The zero-order chi connectivity index (χ0) is 20.5. The second-order valence-corrected chi connectivity index (χ2v) is 7.50. The van der Waals surface area contributed by atoms with Gasteiger partial charge in [-0.3, -0.25) is 4.79 Å². The molecule has 1 aliphatic carbocycles. The number of rotatable bonds is 4. The van der Waals surface area contributed by atoms with E-state index in [4.69, 9.17) is 16.3 Å². The van der Waals surface area contributed by atoms with Gasteiger partial charge in [0.1, 0.15) is 5.82 Å². The molecule has 1 aromatic rings. The lowest BCUT2D eigenvalue weighted by molar-refractivity contribution is -0.184. The third-order valence-corrected chi connectivity index (χ3v) is 5.57. The van der Waals surface area contributed by atoms with Crippen molar-refractivity contribution in [1.82, 2.24) is 10.6 Å². The number of carbonyl (C=O) groups is 2. The number of ether oxygens (including phenoxy) is 1. The van der Waals surface area contributed by atoms with Crippen LogP contribution in [0.15, 0.2) is 18.2 Å². The first kappa shape index (κ1) is 20.7. The third kappa shape index (κ3) is 4.68. The van der Waals surface area contributed by atoms with Gasteiger partial charge in [0, 0.05) is 0 Å². The lowest BCUT2D eigenvalue weighted by Gasteiger charge is -2.35. The number of cyclic esters (lactones) is 1. The minimum Gasteiger partial charge on any atom is -0.434 e. The normalized spacial score (nSPS) is 26.3. The summed E-state index contributed by atoms with van der Waals surface area (Å²) < 4.78 is 57.3. The molecule has 5 nitrogen and oxygen atoms in total. The van der Waals surface area contributed by atoms with Gasteiger partial charge in [0.2, 0.25) is 0 Å². The zero-order valence-corrected chi connectivity index (χ0v) is 15.4. The zero-order valence-electron chi connectivity index (χ0n) is 14.7. The fourth-order valence-electron chi connectivity index (χ4n) is 3.74. The summed E-state index contributed by atoms with van der Waals surface area (Å²) in [6.45, 7) is 0.00236. The van der Waals surface area contributed by atoms with Crippen LogP contribution in [0.5, 0.6) is 0 Å². The molecule has 1 saturated carbocycles. The molecular weight excluding hydrogens is 404 g/mol. The van der Waals surface area contributed by atoms with E-state index in [0.717, 1.165) is 6.07 Å². The van der Waals surface area contributed by atoms with E-state index in [9.17, 15) is 27.2 Å². The molecule has 2 atom stereocenters. The summed E-state index contributed by atoms with van der Waals surface area (Å²) in [6, 6.07) is 3.28. The highest BCUT2D eigenvalue weighted by atomic mass is 35.5. The number of alkyl carbamates (subject to hydrolysis) is 1.